The van der Waals surface area contributed by atoms with Gasteiger partial charge in [0.2, 0.25) is 5.91 Å². The molecule has 2 heterocycles. The van der Waals surface area contributed by atoms with Gasteiger partial charge in [0.1, 0.15) is 5.92 Å². The molecule has 1 fully saturated rings. The number of nitrogens with zero attached hydrogens (tertiary/aromatic N) is 1. The maximum Gasteiger partial charge on any atom is 0.311 e. The zero-order chi connectivity index (χ0) is 13.7. The lowest BCUT2D eigenvalue weighted by Gasteiger charge is -2.13. The summed E-state index contributed by atoms with van der Waals surface area (Å²) in [6, 6.07) is 3.10. The smallest absolute Gasteiger partial charge is 0.311 e. The van der Waals surface area contributed by atoms with Crippen molar-refractivity contribution in [2.24, 2.45) is 5.92 Å². The summed E-state index contributed by atoms with van der Waals surface area (Å²) in [5.74, 6) is -1.99. The summed E-state index contributed by atoms with van der Waals surface area (Å²) in [5.41, 5.74) is 0.801. The van der Waals surface area contributed by atoms with Gasteiger partial charge in [-0.2, -0.15) is 0 Å². The number of amides is 1. The molecule has 0 bridgehead atoms. The number of nitrogens with one attached hydrogen (secondary N) is 1. The van der Waals surface area contributed by atoms with E-state index in [0.717, 1.165) is 5.56 Å². The SMILES string of the molecule is O=C(C=Cc1cccnc1)NC1COCC1C(=O)O. The summed E-state index contributed by atoms with van der Waals surface area (Å²) in [4.78, 5) is 26.5. The van der Waals surface area contributed by atoms with Gasteiger partial charge in [-0.05, 0) is 17.7 Å². The van der Waals surface area contributed by atoms with Gasteiger partial charge in [0.15, 0.2) is 0 Å². The van der Waals surface area contributed by atoms with Crippen molar-refractivity contribution >= 4 is 18.0 Å². The Morgan fingerprint density at radius 3 is 3.00 bits per heavy atom. The van der Waals surface area contributed by atoms with E-state index in [4.69, 9.17) is 9.84 Å². The topological polar surface area (TPSA) is 88.5 Å². The zero-order valence-corrected chi connectivity index (χ0v) is 10.2. The van der Waals surface area contributed by atoms with Gasteiger partial charge >= 0.3 is 5.97 Å². The summed E-state index contributed by atoms with van der Waals surface area (Å²) in [6.45, 7) is 0.357. The quantitative estimate of drug-likeness (QED) is 0.762. The fourth-order valence-electron chi connectivity index (χ4n) is 1.82. The average molecular weight is 262 g/mol. The van der Waals surface area contributed by atoms with Crippen molar-refractivity contribution in [1.82, 2.24) is 10.3 Å². The van der Waals surface area contributed by atoms with E-state index in [1.165, 1.54) is 6.08 Å². The number of hydrogen-bond acceptors (Lipinski definition) is 4. The van der Waals surface area contributed by atoms with Crippen LogP contribution in [0.1, 0.15) is 5.56 Å². The average Bonchev–Trinajstić information content (AvgIpc) is 2.86. The largest absolute Gasteiger partial charge is 0.481 e. The first kappa shape index (κ1) is 13.2. The summed E-state index contributed by atoms with van der Waals surface area (Å²) < 4.78 is 5.07. The lowest BCUT2D eigenvalue weighted by molar-refractivity contribution is -0.142. The minimum absolute atomic E-state index is 0.132. The molecule has 0 aromatic carbocycles. The number of pyridine rings is 1. The Bertz CT molecular complexity index is 487. The van der Waals surface area contributed by atoms with Crippen LogP contribution >= 0.6 is 0 Å². The molecule has 0 saturated carbocycles. The van der Waals surface area contributed by atoms with Crippen LogP contribution in [0.15, 0.2) is 30.6 Å². The van der Waals surface area contributed by atoms with E-state index >= 15 is 0 Å². The Morgan fingerprint density at radius 1 is 1.47 bits per heavy atom. The number of carbonyl (C=O) groups is 2. The van der Waals surface area contributed by atoms with E-state index in [0.29, 0.717) is 0 Å². The van der Waals surface area contributed by atoms with E-state index in [-0.39, 0.29) is 19.1 Å². The molecule has 0 radical (unpaired) electrons. The highest BCUT2D eigenvalue weighted by Crippen LogP contribution is 2.13. The molecule has 6 heteroatoms. The molecule has 1 aromatic heterocycles. The maximum atomic E-state index is 11.7. The number of rotatable bonds is 4. The van der Waals surface area contributed by atoms with Gasteiger partial charge in [-0.3, -0.25) is 14.6 Å². The second-order valence-corrected chi connectivity index (χ2v) is 4.22. The first-order chi connectivity index (χ1) is 9.16. The van der Waals surface area contributed by atoms with E-state index in [9.17, 15) is 9.59 Å². The lowest BCUT2D eigenvalue weighted by Crippen LogP contribution is -2.41. The van der Waals surface area contributed by atoms with Crippen LogP contribution in [-0.4, -0.2) is 41.2 Å². The zero-order valence-electron chi connectivity index (χ0n) is 10.2. The number of carbonyl (C=O) groups excluding carboxylic acids is 1. The van der Waals surface area contributed by atoms with Crippen LogP contribution in [0, 0.1) is 5.92 Å². The third-order valence-electron chi connectivity index (χ3n) is 2.84. The van der Waals surface area contributed by atoms with Crippen molar-refractivity contribution in [3.63, 3.8) is 0 Å². The van der Waals surface area contributed by atoms with Gasteiger partial charge in [-0.25, -0.2) is 0 Å². The van der Waals surface area contributed by atoms with Crippen molar-refractivity contribution in [3.05, 3.63) is 36.2 Å². The normalized spacial score (nSPS) is 22.5. The van der Waals surface area contributed by atoms with Crippen molar-refractivity contribution in [2.45, 2.75) is 6.04 Å². The van der Waals surface area contributed by atoms with Crippen LogP contribution in [0.4, 0.5) is 0 Å². The fraction of sp³-hybridized carbons (Fsp3) is 0.308. The van der Waals surface area contributed by atoms with Gasteiger partial charge in [0.25, 0.3) is 0 Å². The van der Waals surface area contributed by atoms with E-state index in [2.05, 4.69) is 10.3 Å². The van der Waals surface area contributed by atoms with Crippen molar-refractivity contribution in [2.75, 3.05) is 13.2 Å². The molecule has 2 rings (SSSR count). The molecule has 2 N–H and O–H groups in total. The Morgan fingerprint density at radius 2 is 2.32 bits per heavy atom. The maximum absolute atomic E-state index is 11.7. The van der Waals surface area contributed by atoms with Crippen LogP contribution < -0.4 is 5.32 Å². The van der Waals surface area contributed by atoms with Crippen LogP contribution in [0.3, 0.4) is 0 Å². The number of aromatic nitrogens is 1. The molecule has 2 atom stereocenters. The molecule has 1 aliphatic heterocycles. The molecular formula is C13H14N2O4. The van der Waals surface area contributed by atoms with Gasteiger partial charge in [0.05, 0.1) is 19.3 Å². The highest BCUT2D eigenvalue weighted by molar-refractivity contribution is 5.92. The second kappa shape index (κ2) is 6.10. The van der Waals surface area contributed by atoms with Gasteiger partial charge in [-0.1, -0.05) is 6.07 Å². The van der Waals surface area contributed by atoms with Crippen molar-refractivity contribution < 1.29 is 19.4 Å². The number of aliphatic carboxylic acids is 1. The monoisotopic (exact) mass is 262 g/mol. The molecule has 1 saturated heterocycles. The predicted molar refractivity (Wildman–Crippen MR) is 67.1 cm³/mol. The van der Waals surface area contributed by atoms with E-state index in [1.54, 1.807) is 24.5 Å². The van der Waals surface area contributed by atoms with E-state index in [1.807, 2.05) is 6.07 Å². The molecule has 1 aromatic rings. The first-order valence-electron chi connectivity index (χ1n) is 5.86. The number of carboxylic acid groups (broad SMARTS) is 1. The van der Waals surface area contributed by atoms with Gasteiger partial charge in [0, 0.05) is 18.5 Å². The van der Waals surface area contributed by atoms with E-state index < -0.39 is 17.9 Å². The standard InChI is InChI=1S/C13H14N2O4/c16-12(4-3-9-2-1-5-14-6-9)15-11-8-19-7-10(11)13(17)18/h1-6,10-11H,7-8H2,(H,15,16)(H,17,18). The molecule has 19 heavy (non-hydrogen) atoms. The van der Waals surface area contributed by atoms with Crippen molar-refractivity contribution in [1.29, 1.82) is 0 Å². The van der Waals surface area contributed by atoms with Crippen LogP contribution in [0.5, 0.6) is 0 Å². The van der Waals surface area contributed by atoms with Crippen molar-refractivity contribution in [3.8, 4) is 0 Å². The third-order valence-corrected chi connectivity index (χ3v) is 2.84. The molecule has 0 spiro atoms. The molecule has 6 nitrogen and oxygen atoms in total. The summed E-state index contributed by atoms with van der Waals surface area (Å²) in [7, 11) is 0. The molecule has 0 aliphatic carbocycles. The molecule has 2 unspecified atom stereocenters. The third kappa shape index (κ3) is 3.62. The Hall–Kier alpha value is -2.21. The van der Waals surface area contributed by atoms with Crippen LogP contribution in [0.25, 0.3) is 6.08 Å². The minimum atomic E-state index is -0.959. The summed E-state index contributed by atoms with van der Waals surface area (Å²) in [6.07, 6.45) is 6.25. The summed E-state index contributed by atoms with van der Waals surface area (Å²) in [5, 5.41) is 11.6. The first-order valence-corrected chi connectivity index (χ1v) is 5.86. The van der Waals surface area contributed by atoms with Crippen LogP contribution in [0.2, 0.25) is 0 Å². The highest BCUT2D eigenvalue weighted by Gasteiger charge is 2.34. The number of ether oxygens (including phenoxy) is 1. The fourth-order valence-corrected chi connectivity index (χ4v) is 1.82. The predicted octanol–water partition coefficient (Wildman–Crippen LogP) is 0.311. The molecular weight excluding hydrogens is 248 g/mol. The number of carboxylic acids is 1. The van der Waals surface area contributed by atoms with Crippen LogP contribution in [-0.2, 0) is 14.3 Å². The van der Waals surface area contributed by atoms with Gasteiger partial charge in [-0.15, -0.1) is 0 Å². The minimum Gasteiger partial charge on any atom is -0.481 e. The highest BCUT2D eigenvalue weighted by atomic mass is 16.5. The molecule has 1 amide bonds. The summed E-state index contributed by atoms with van der Waals surface area (Å²) >= 11 is 0. The number of hydrogen-bond donors (Lipinski definition) is 2. The molecule has 100 valence electrons. The Labute approximate surface area is 110 Å². The van der Waals surface area contributed by atoms with Gasteiger partial charge < -0.3 is 15.2 Å². The lowest BCUT2D eigenvalue weighted by atomic mass is 10.0. The Balaban J connectivity index is 1.91. The second-order valence-electron chi connectivity index (χ2n) is 4.22. The molecule has 1 aliphatic rings. The Kier molecular flexibility index (Phi) is 4.25.